The van der Waals surface area contributed by atoms with Gasteiger partial charge in [0.1, 0.15) is 14.2 Å². The lowest BCUT2D eigenvalue weighted by molar-refractivity contribution is 0.278. The van der Waals surface area contributed by atoms with Gasteiger partial charge in [-0.3, -0.25) is 0 Å². The van der Waals surface area contributed by atoms with Gasteiger partial charge < -0.3 is 15.4 Å². The Bertz CT molecular complexity index is 1060. The average Bonchev–Trinajstić information content (AvgIpc) is 3.16. The van der Waals surface area contributed by atoms with Crippen molar-refractivity contribution in [2.24, 2.45) is 0 Å². The van der Waals surface area contributed by atoms with E-state index < -0.39 is 0 Å². The van der Waals surface area contributed by atoms with Gasteiger partial charge >= 0.3 is 0 Å². The number of hydrogen-bond donors (Lipinski definition) is 2. The van der Waals surface area contributed by atoms with Crippen molar-refractivity contribution in [2.75, 3.05) is 12.3 Å². The molecule has 0 saturated carbocycles. The monoisotopic (exact) mass is 368 g/mol. The van der Waals surface area contributed by atoms with Crippen LogP contribution in [0.15, 0.2) is 34.0 Å². The van der Waals surface area contributed by atoms with Gasteiger partial charge in [0, 0.05) is 17.9 Å². The number of aliphatic hydroxyl groups excluding tert-OH is 1. The maximum Gasteiger partial charge on any atom is 0.177 e. The highest BCUT2D eigenvalue weighted by molar-refractivity contribution is 8.01. The Hall–Kier alpha value is -2.17. The highest BCUT2D eigenvalue weighted by Crippen LogP contribution is 2.35. The minimum Gasteiger partial charge on any atom is -0.396 e. The average molecular weight is 368 g/mol. The number of imidazole rings is 1. The van der Waals surface area contributed by atoms with Crippen molar-refractivity contribution in [1.29, 1.82) is 0 Å². The molecular weight excluding hydrogens is 355 g/mol. The molecule has 0 aliphatic heterocycles. The van der Waals surface area contributed by atoms with Gasteiger partial charge in [0.15, 0.2) is 26.5 Å². The van der Waals surface area contributed by atoms with Gasteiger partial charge in [-0.15, -0.1) is 11.3 Å². The summed E-state index contributed by atoms with van der Waals surface area (Å²) >= 11 is 2.95. The largest absolute Gasteiger partial charge is 0.396 e. The number of rotatable bonds is 5. The Balaban J connectivity index is 1.79. The predicted octanol–water partition coefficient (Wildman–Crippen LogP) is 1.35. The van der Waals surface area contributed by atoms with Crippen molar-refractivity contribution in [3.63, 3.8) is 0 Å². The third kappa shape index (κ3) is 2.96. The summed E-state index contributed by atoms with van der Waals surface area (Å²) in [5.41, 5.74) is 8.72. The van der Waals surface area contributed by atoms with Crippen molar-refractivity contribution in [3.8, 4) is 0 Å². The minimum absolute atomic E-state index is 0.0853. The predicted molar refractivity (Wildman–Crippen MR) is 101 cm³/mol. The van der Waals surface area contributed by atoms with Crippen molar-refractivity contribution >= 4 is 63.6 Å². The number of nitrogens with two attached hydrogens (primary N) is 1. The lowest BCUT2D eigenvalue weighted by atomic mass is 9.96. The Kier molecular flexibility index (Phi) is 4.32. The Morgan fingerprint density at radius 2 is 2.16 bits per heavy atom. The van der Waals surface area contributed by atoms with Crippen LogP contribution < -0.4 is 11.2 Å². The molecule has 4 rings (SSSR count). The van der Waals surface area contributed by atoms with Gasteiger partial charge in [-0.2, -0.15) is 0 Å². The van der Waals surface area contributed by atoms with Crippen molar-refractivity contribution in [2.45, 2.75) is 22.5 Å². The molecular formula is C15H13BN6OS2. The van der Waals surface area contributed by atoms with E-state index in [1.165, 1.54) is 29.4 Å². The minimum atomic E-state index is 0.0853. The zero-order valence-electron chi connectivity index (χ0n) is 13.1. The van der Waals surface area contributed by atoms with Crippen LogP contribution in [0.4, 0.5) is 5.82 Å². The summed E-state index contributed by atoms with van der Waals surface area (Å²) in [7, 11) is 6.02. The van der Waals surface area contributed by atoms with Crippen LogP contribution in [0, 0.1) is 0 Å². The molecule has 10 heteroatoms. The summed E-state index contributed by atoms with van der Waals surface area (Å²) in [4.78, 5) is 17.5. The number of aryl methyl sites for hydroxylation is 1. The molecule has 3 heterocycles. The second kappa shape index (κ2) is 6.62. The van der Waals surface area contributed by atoms with Gasteiger partial charge in [-0.05, 0) is 24.2 Å². The number of nitrogens with zero attached hydrogens (tertiary/aromatic N) is 5. The van der Waals surface area contributed by atoms with Crippen LogP contribution in [0.25, 0.3) is 21.4 Å². The number of aromatic nitrogens is 5. The first kappa shape index (κ1) is 16.3. The van der Waals surface area contributed by atoms with E-state index in [-0.39, 0.29) is 6.61 Å². The molecule has 7 nitrogen and oxygen atoms in total. The molecule has 0 aliphatic carbocycles. The van der Waals surface area contributed by atoms with E-state index in [1.54, 1.807) is 0 Å². The summed E-state index contributed by atoms with van der Waals surface area (Å²) < 4.78 is 3.73. The van der Waals surface area contributed by atoms with Crippen LogP contribution in [-0.4, -0.2) is 44.1 Å². The molecule has 1 aromatic carbocycles. The van der Waals surface area contributed by atoms with E-state index in [0.29, 0.717) is 40.6 Å². The van der Waals surface area contributed by atoms with Gasteiger partial charge in [0.2, 0.25) is 0 Å². The topological polar surface area (TPSA) is 103 Å². The second-order valence-electron chi connectivity index (χ2n) is 5.33. The number of benzene rings is 1. The molecule has 3 aromatic heterocycles. The van der Waals surface area contributed by atoms with E-state index in [9.17, 15) is 5.11 Å². The molecule has 2 radical (unpaired) electrons. The number of thiazole rings is 1. The SMILES string of the molecule is [B]c1cccc2nc(Sc3nc4c(N)ncnc4n3CCCO)sc12. The molecule has 0 atom stereocenters. The molecule has 3 N–H and O–H groups in total. The number of aliphatic hydroxyl groups is 1. The summed E-state index contributed by atoms with van der Waals surface area (Å²) in [6, 6.07) is 5.69. The summed E-state index contributed by atoms with van der Waals surface area (Å²) in [6.07, 6.45) is 2.01. The molecule has 0 aliphatic rings. The fourth-order valence-electron chi connectivity index (χ4n) is 2.51. The Morgan fingerprint density at radius 3 is 2.96 bits per heavy atom. The molecule has 124 valence electrons. The zero-order chi connectivity index (χ0) is 17.4. The van der Waals surface area contributed by atoms with Crippen LogP contribution in [-0.2, 0) is 6.54 Å². The normalized spacial score (nSPS) is 11.6. The molecule has 0 unspecified atom stereocenters. The van der Waals surface area contributed by atoms with Crippen molar-refractivity contribution < 1.29 is 5.11 Å². The van der Waals surface area contributed by atoms with E-state index in [1.807, 2.05) is 22.8 Å². The fraction of sp³-hybridized carbons (Fsp3) is 0.200. The smallest absolute Gasteiger partial charge is 0.177 e. The molecule has 0 spiro atoms. The lowest BCUT2D eigenvalue weighted by Gasteiger charge is -2.05. The summed E-state index contributed by atoms with van der Waals surface area (Å²) in [6.45, 7) is 0.667. The third-order valence-corrected chi connectivity index (χ3v) is 5.84. The van der Waals surface area contributed by atoms with Crippen LogP contribution in [0.1, 0.15) is 6.42 Å². The fourth-order valence-corrected chi connectivity index (χ4v) is 4.60. The highest BCUT2D eigenvalue weighted by Gasteiger charge is 2.17. The maximum absolute atomic E-state index is 9.18. The zero-order valence-corrected chi connectivity index (χ0v) is 14.7. The van der Waals surface area contributed by atoms with Crippen molar-refractivity contribution in [1.82, 2.24) is 24.5 Å². The number of nitrogen functional groups attached to an aromatic ring is 1. The van der Waals surface area contributed by atoms with E-state index in [2.05, 4.69) is 19.9 Å². The van der Waals surface area contributed by atoms with Gasteiger partial charge in [-0.25, -0.2) is 19.9 Å². The first-order chi connectivity index (χ1) is 12.2. The van der Waals surface area contributed by atoms with E-state index in [4.69, 9.17) is 13.6 Å². The van der Waals surface area contributed by atoms with Crippen molar-refractivity contribution in [3.05, 3.63) is 24.5 Å². The molecule has 25 heavy (non-hydrogen) atoms. The molecule has 0 saturated heterocycles. The van der Waals surface area contributed by atoms with E-state index in [0.717, 1.165) is 14.6 Å². The van der Waals surface area contributed by atoms with Gasteiger partial charge in [0.25, 0.3) is 0 Å². The van der Waals surface area contributed by atoms with Crippen LogP contribution in [0.2, 0.25) is 0 Å². The molecule has 0 bridgehead atoms. The first-order valence-electron chi connectivity index (χ1n) is 7.58. The Morgan fingerprint density at radius 1 is 1.28 bits per heavy atom. The lowest BCUT2D eigenvalue weighted by Crippen LogP contribution is -2.03. The second-order valence-corrected chi connectivity index (χ2v) is 7.55. The molecule has 0 amide bonds. The van der Waals surface area contributed by atoms with Gasteiger partial charge in [0.05, 0.1) is 5.52 Å². The number of fused-ring (bicyclic) bond motifs is 2. The number of hydrogen-bond acceptors (Lipinski definition) is 8. The molecule has 4 aromatic rings. The Labute approximate surface area is 152 Å². The summed E-state index contributed by atoms with van der Waals surface area (Å²) in [5, 5.41) is 9.89. The maximum atomic E-state index is 9.18. The number of anilines is 1. The third-order valence-electron chi connectivity index (χ3n) is 3.67. The summed E-state index contributed by atoms with van der Waals surface area (Å²) in [5.74, 6) is 0.336. The van der Waals surface area contributed by atoms with E-state index >= 15 is 0 Å². The van der Waals surface area contributed by atoms with Crippen LogP contribution in [0.3, 0.4) is 0 Å². The van der Waals surface area contributed by atoms with Gasteiger partial charge in [-0.1, -0.05) is 17.6 Å². The quantitative estimate of drug-likeness (QED) is 0.513. The first-order valence-corrected chi connectivity index (χ1v) is 9.21. The highest BCUT2D eigenvalue weighted by atomic mass is 32.2. The van der Waals surface area contributed by atoms with Crippen LogP contribution in [0.5, 0.6) is 0 Å². The molecule has 0 fully saturated rings. The van der Waals surface area contributed by atoms with Crippen LogP contribution >= 0.6 is 23.1 Å². The standard InChI is InChI=1S/C15H13BN6OS2/c16-8-3-1-4-9-11(8)24-15(20-9)25-14-21-10-12(17)18-7-19-13(10)22(14)5-2-6-23/h1,3-4,7,23H,2,5-6H2,(H2,17,18,19).